The number of hydrogen-bond acceptors (Lipinski definition) is 2. The van der Waals surface area contributed by atoms with Gasteiger partial charge < -0.3 is 10.2 Å². The van der Waals surface area contributed by atoms with Gasteiger partial charge in [-0.05, 0) is 12.8 Å². The Hall–Kier alpha value is -0.340. The Morgan fingerprint density at radius 1 is 1.56 bits per heavy atom. The third kappa shape index (κ3) is 1.32. The fourth-order valence-electron chi connectivity index (χ4n) is 1.24. The molecule has 0 saturated heterocycles. The van der Waals surface area contributed by atoms with Crippen LogP contribution in [0.3, 0.4) is 0 Å². The minimum Gasteiger partial charge on any atom is -0.396 e. The zero-order chi connectivity index (χ0) is 6.85. The molecule has 2 atom stereocenters. The molecule has 1 saturated carbocycles. The predicted octanol–water partition coefficient (Wildman–Crippen LogP) is 0.306. The maximum absolute atomic E-state index is 9.14. The summed E-state index contributed by atoms with van der Waals surface area (Å²) in [6, 6.07) is 0. The van der Waals surface area contributed by atoms with Gasteiger partial charge >= 0.3 is 0 Å². The number of rotatable bonds is 1. The first kappa shape index (κ1) is 6.78. The van der Waals surface area contributed by atoms with E-state index in [-0.39, 0.29) is 18.6 Å². The van der Waals surface area contributed by atoms with Crippen LogP contribution in [0.15, 0.2) is 12.2 Å². The minimum absolute atomic E-state index is 0.0532. The molecular formula is C7H12O2. The van der Waals surface area contributed by atoms with E-state index in [0.29, 0.717) is 6.42 Å². The highest BCUT2D eigenvalue weighted by Gasteiger charge is 2.26. The molecule has 0 bridgehead atoms. The van der Waals surface area contributed by atoms with Crippen molar-refractivity contribution in [3.8, 4) is 0 Å². The SMILES string of the molecule is C=C1CC(O)C(CO)C1. The van der Waals surface area contributed by atoms with Gasteiger partial charge in [0.25, 0.3) is 0 Å². The Labute approximate surface area is 54.8 Å². The second-order valence-corrected chi connectivity index (χ2v) is 2.67. The van der Waals surface area contributed by atoms with Crippen molar-refractivity contribution in [3.63, 3.8) is 0 Å². The average molecular weight is 128 g/mol. The van der Waals surface area contributed by atoms with Gasteiger partial charge in [0.15, 0.2) is 0 Å². The molecule has 0 spiro atoms. The van der Waals surface area contributed by atoms with E-state index >= 15 is 0 Å². The molecule has 2 unspecified atom stereocenters. The van der Waals surface area contributed by atoms with E-state index in [9.17, 15) is 0 Å². The molecule has 1 rings (SSSR count). The van der Waals surface area contributed by atoms with Gasteiger partial charge in [-0.15, -0.1) is 0 Å². The van der Waals surface area contributed by atoms with Gasteiger partial charge in [0.1, 0.15) is 0 Å². The van der Waals surface area contributed by atoms with Crippen molar-refractivity contribution >= 4 is 0 Å². The van der Waals surface area contributed by atoms with Crippen molar-refractivity contribution < 1.29 is 10.2 Å². The quantitative estimate of drug-likeness (QED) is 0.499. The normalized spacial score (nSPS) is 35.6. The van der Waals surface area contributed by atoms with Crippen LogP contribution in [0, 0.1) is 5.92 Å². The van der Waals surface area contributed by atoms with Crippen molar-refractivity contribution in [2.24, 2.45) is 5.92 Å². The van der Waals surface area contributed by atoms with Crippen LogP contribution in [0.2, 0.25) is 0 Å². The van der Waals surface area contributed by atoms with E-state index in [0.717, 1.165) is 12.0 Å². The summed E-state index contributed by atoms with van der Waals surface area (Å²) >= 11 is 0. The maximum Gasteiger partial charge on any atom is 0.0630 e. The summed E-state index contributed by atoms with van der Waals surface area (Å²) in [5, 5.41) is 17.8. The Balaban J connectivity index is 2.47. The number of aliphatic hydroxyl groups is 2. The monoisotopic (exact) mass is 128 g/mol. The van der Waals surface area contributed by atoms with Crippen LogP contribution in [0.25, 0.3) is 0 Å². The van der Waals surface area contributed by atoms with E-state index in [4.69, 9.17) is 10.2 Å². The molecule has 0 heterocycles. The van der Waals surface area contributed by atoms with Gasteiger partial charge in [0.2, 0.25) is 0 Å². The van der Waals surface area contributed by atoms with Gasteiger partial charge in [-0.2, -0.15) is 0 Å². The second kappa shape index (κ2) is 2.50. The summed E-state index contributed by atoms with van der Waals surface area (Å²) in [6.45, 7) is 3.82. The molecule has 2 heteroatoms. The van der Waals surface area contributed by atoms with E-state index < -0.39 is 0 Å². The zero-order valence-electron chi connectivity index (χ0n) is 5.38. The molecule has 2 nitrogen and oxygen atoms in total. The fraction of sp³-hybridized carbons (Fsp3) is 0.714. The molecule has 0 aromatic carbocycles. The van der Waals surface area contributed by atoms with E-state index in [2.05, 4.69) is 6.58 Å². The lowest BCUT2D eigenvalue weighted by molar-refractivity contribution is 0.0910. The summed E-state index contributed by atoms with van der Waals surface area (Å²) in [7, 11) is 0. The Morgan fingerprint density at radius 3 is 2.44 bits per heavy atom. The molecule has 0 aliphatic heterocycles. The lowest BCUT2D eigenvalue weighted by Gasteiger charge is -2.07. The molecule has 0 aromatic rings. The smallest absolute Gasteiger partial charge is 0.0630 e. The van der Waals surface area contributed by atoms with Crippen molar-refractivity contribution in [3.05, 3.63) is 12.2 Å². The highest BCUT2D eigenvalue weighted by Crippen LogP contribution is 2.28. The zero-order valence-corrected chi connectivity index (χ0v) is 5.38. The molecule has 1 aliphatic rings. The van der Waals surface area contributed by atoms with Crippen molar-refractivity contribution in [1.29, 1.82) is 0 Å². The minimum atomic E-state index is -0.345. The highest BCUT2D eigenvalue weighted by atomic mass is 16.3. The van der Waals surface area contributed by atoms with Crippen LogP contribution in [0.1, 0.15) is 12.8 Å². The molecule has 1 aliphatic carbocycles. The summed E-state index contributed by atoms with van der Waals surface area (Å²) in [6.07, 6.45) is 1.12. The highest BCUT2D eigenvalue weighted by molar-refractivity contribution is 5.06. The second-order valence-electron chi connectivity index (χ2n) is 2.67. The van der Waals surface area contributed by atoms with Crippen LogP contribution in [-0.4, -0.2) is 22.9 Å². The number of hydrogen-bond donors (Lipinski definition) is 2. The molecule has 2 N–H and O–H groups in total. The molecule has 0 aromatic heterocycles. The largest absolute Gasteiger partial charge is 0.396 e. The molecule has 0 radical (unpaired) electrons. The first-order chi connectivity index (χ1) is 4.24. The van der Waals surface area contributed by atoms with E-state index in [1.54, 1.807) is 0 Å². The van der Waals surface area contributed by atoms with Gasteiger partial charge in [-0.1, -0.05) is 12.2 Å². The van der Waals surface area contributed by atoms with Gasteiger partial charge in [-0.25, -0.2) is 0 Å². The lowest BCUT2D eigenvalue weighted by atomic mass is 10.1. The van der Waals surface area contributed by atoms with Crippen LogP contribution < -0.4 is 0 Å². The predicted molar refractivity (Wildman–Crippen MR) is 35.0 cm³/mol. The van der Waals surface area contributed by atoms with Crippen molar-refractivity contribution in [2.45, 2.75) is 18.9 Å². The standard InChI is InChI=1S/C7H12O2/c1-5-2-6(4-8)7(9)3-5/h6-9H,1-4H2. The van der Waals surface area contributed by atoms with Crippen molar-refractivity contribution in [2.75, 3.05) is 6.61 Å². The van der Waals surface area contributed by atoms with Crippen LogP contribution >= 0.6 is 0 Å². The average Bonchev–Trinajstić information content (AvgIpc) is 2.10. The first-order valence-corrected chi connectivity index (χ1v) is 3.19. The third-order valence-electron chi connectivity index (χ3n) is 1.83. The Morgan fingerprint density at radius 2 is 2.22 bits per heavy atom. The molecule has 0 amide bonds. The van der Waals surface area contributed by atoms with Gasteiger partial charge in [0, 0.05) is 12.5 Å². The lowest BCUT2D eigenvalue weighted by Crippen LogP contribution is -2.16. The molecule has 1 fully saturated rings. The molecule has 52 valence electrons. The van der Waals surface area contributed by atoms with Gasteiger partial charge in [0.05, 0.1) is 6.10 Å². The Kier molecular flexibility index (Phi) is 1.88. The summed E-state index contributed by atoms with van der Waals surface area (Å²) in [5.74, 6) is 0.0532. The van der Waals surface area contributed by atoms with Crippen molar-refractivity contribution in [1.82, 2.24) is 0 Å². The fourth-order valence-corrected chi connectivity index (χ4v) is 1.24. The van der Waals surface area contributed by atoms with Crippen LogP contribution in [-0.2, 0) is 0 Å². The number of aliphatic hydroxyl groups excluding tert-OH is 2. The topological polar surface area (TPSA) is 40.5 Å². The summed E-state index contributed by atoms with van der Waals surface area (Å²) in [4.78, 5) is 0. The first-order valence-electron chi connectivity index (χ1n) is 3.19. The summed E-state index contributed by atoms with van der Waals surface area (Å²) < 4.78 is 0. The third-order valence-corrected chi connectivity index (χ3v) is 1.83. The Bertz CT molecular complexity index is 120. The maximum atomic E-state index is 9.14. The van der Waals surface area contributed by atoms with Crippen LogP contribution in [0.5, 0.6) is 0 Å². The van der Waals surface area contributed by atoms with E-state index in [1.165, 1.54) is 0 Å². The summed E-state index contributed by atoms with van der Waals surface area (Å²) in [5.41, 5.74) is 1.06. The van der Waals surface area contributed by atoms with Crippen LogP contribution in [0.4, 0.5) is 0 Å². The van der Waals surface area contributed by atoms with E-state index in [1.807, 2.05) is 0 Å². The molecule has 9 heavy (non-hydrogen) atoms. The molecular weight excluding hydrogens is 116 g/mol. The van der Waals surface area contributed by atoms with Gasteiger partial charge in [-0.3, -0.25) is 0 Å².